The largest absolute Gasteiger partial charge is 0.507 e. The smallest absolute Gasteiger partial charge is 0.305 e. The second kappa shape index (κ2) is 16.9. The summed E-state index contributed by atoms with van der Waals surface area (Å²) >= 11 is 0. The number of rotatable bonds is 13. The summed E-state index contributed by atoms with van der Waals surface area (Å²) in [6.07, 6.45) is -6.90. The SMILES string of the molecule is COc1cccc2c1C(=O)c1c(O)c3c(c(O)c1C2=O)CC(O)(C(=O)CO)CC3OC1CC(NCCOCC(OC(C)=O)OC(C)=O)C(O)C(C)O1.Cl. The zero-order valence-electron chi connectivity index (χ0n) is 29.3. The Hall–Kier alpha value is -4.20. The van der Waals surface area contributed by atoms with E-state index in [1.807, 2.05) is 0 Å². The Balaban J connectivity index is 0.00000627. The van der Waals surface area contributed by atoms with E-state index in [0.717, 1.165) is 13.8 Å². The van der Waals surface area contributed by atoms with Crippen LogP contribution in [0.3, 0.4) is 0 Å². The number of ether oxygens (including phenoxy) is 6. The van der Waals surface area contributed by atoms with Gasteiger partial charge in [0.1, 0.15) is 36.1 Å². The van der Waals surface area contributed by atoms with E-state index in [1.54, 1.807) is 6.92 Å². The van der Waals surface area contributed by atoms with Crippen LogP contribution in [0.5, 0.6) is 17.2 Å². The summed E-state index contributed by atoms with van der Waals surface area (Å²) in [4.78, 5) is 63.0. The number of Topliss-reactive ketones (excluding diaryl/α,β-unsaturated/α-hetero) is 1. The highest BCUT2D eigenvalue weighted by Gasteiger charge is 2.50. The van der Waals surface area contributed by atoms with Gasteiger partial charge in [-0.1, -0.05) is 12.1 Å². The molecule has 0 amide bonds. The molecule has 0 aromatic heterocycles. The van der Waals surface area contributed by atoms with Crippen molar-refractivity contribution in [3.05, 3.63) is 51.6 Å². The number of phenols is 2. The number of nitrogens with one attached hydrogen (secondary N) is 1. The molecule has 6 unspecified atom stereocenters. The fraction of sp³-hybridized carbons (Fsp3) is 0.514. The summed E-state index contributed by atoms with van der Waals surface area (Å²) in [5.74, 6) is -5.37. The van der Waals surface area contributed by atoms with Gasteiger partial charge in [0, 0.05) is 62.4 Å². The highest BCUT2D eigenvalue weighted by atomic mass is 35.5. The van der Waals surface area contributed by atoms with E-state index in [2.05, 4.69) is 5.32 Å². The van der Waals surface area contributed by atoms with Crippen molar-refractivity contribution in [2.24, 2.45) is 0 Å². The van der Waals surface area contributed by atoms with Crippen LogP contribution < -0.4 is 10.1 Å². The molecule has 2 aromatic rings. The average Bonchev–Trinajstić information content (AvgIpc) is 3.08. The Morgan fingerprint density at radius 3 is 2.32 bits per heavy atom. The van der Waals surface area contributed by atoms with Gasteiger partial charge in [-0.15, -0.1) is 12.4 Å². The summed E-state index contributed by atoms with van der Waals surface area (Å²) < 4.78 is 32.7. The van der Waals surface area contributed by atoms with Gasteiger partial charge in [-0.2, -0.15) is 0 Å². The zero-order valence-corrected chi connectivity index (χ0v) is 30.1. The highest BCUT2D eigenvalue weighted by molar-refractivity contribution is 6.31. The van der Waals surface area contributed by atoms with Gasteiger partial charge in [0.15, 0.2) is 17.9 Å². The lowest BCUT2D eigenvalue weighted by atomic mass is 9.72. The Morgan fingerprint density at radius 1 is 1.04 bits per heavy atom. The molecule has 1 heterocycles. The summed E-state index contributed by atoms with van der Waals surface area (Å²) in [5.41, 5.74) is -3.96. The lowest BCUT2D eigenvalue weighted by molar-refractivity contribution is -0.250. The van der Waals surface area contributed by atoms with E-state index >= 15 is 0 Å². The molecule has 0 spiro atoms. The predicted molar refractivity (Wildman–Crippen MR) is 181 cm³/mol. The highest BCUT2D eigenvalue weighted by Crippen LogP contribution is 2.52. The van der Waals surface area contributed by atoms with Crippen LogP contribution in [0, 0.1) is 0 Å². The number of esters is 2. The quantitative estimate of drug-likeness (QED) is 0.0600. The standard InChI is InChI=1S/C35H41NO16.ClH/c1-15-30(41)20(36-8-9-48-14-25(50-16(2)38)51-17(3)39)10-24(49-15)52-22-12-35(46,23(40)13-37)11-19-27(22)34(45)29-28(32(19)43)31(42)18-6-5-7-21(47-4)26(18)33(29)44;/h5-7,15,20,22,24-25,30,36-37,41,43,45-46H,8-14H2,1-4H3;1H. The molecule has 1 saturated heterocycles. The molecule has 18 heteroatoms. The molecule has 17 nitrogen and oxygen atoms in total. The number of carbonyl (C=O) groups is 5. The molecular weight excluding hydrogens is 726 g/mol. The van der Waals surface area contributed by atoms with Gasteiger partial charge >= 0.3 is 11.9 Å². The Morgan fingerprint density at radius 2 is 1.70 bits per heavy atom. The van der Waals surface area contributed by atoms with Crippen molar-refractivity contribution in [3.8, 4) is 17.2 Å². The third-order valence-corrected chi connectivity index (χ3v) is 9.26. The number of phenolic OH excluding ortho intramolecular Hbond substituents is 2. The van der Waals surface area contributed by atoms with Gasteiger partial charge in [-0.3, -0.25) is 24.0 Å². The molecule has 5 rings (SSSR count). The number of fused-ring (bicyclic) bond motifs is 3. The predicted octanol–water partition coefficient (Wildman–Crippen LogP) is 0.523. The van der Waals surface area contributed by atoms with Crippen molar-refractivity contribution >= 4 is 41.7 Å². The maximum Gasteiger partial charge on any atom is 0.305 e. The van der Waals surface area contributed by atoms with Crippen LogP contribution in [-0.4, -0.2) is 125 Å². The number of ketones is 3. The van der Waals surface area contributed by atoms with Crippen LogP contribution in [0.15, 0.2) is 18.2 Å². The Labute approximate surface area is 309 Å². The molecule has 2 aliphatic carbocycles. The number of hydrogen-bond donors (Lipinski definition) is 6. The lowest BCUT2D eigenvalue weighted by Crippen LogP contribution is -2.55. The number of carbonyl (C=O) groups excluding carboxylic acids is 5. The van der Waals surface area contributed by atoms with Crippen molar-refractivity contribution in [1.82, 2.24) is 5.32 Å². The van der Waals surface area contributed by atoms with E-state index in [1.165, 1.54) is 25.3 Å². The number of methoxy groups -OCH3 is 1. The normalized spacial score (nSPS) is 24.7. The minimum absolute atomic E-state index is 0. The van der Waals surface area contributed by atoms with Crippen LogP contribution >= 0.6 is 12.4 Å². The number of aliphatic hydroxyl groups excluding tert-OH is 2. The Kier molecular flexibility index (Phi) is 13.2. The van der Waals surface area contributed by atoms with E-state index in [-0.39, 0.29) is 66.6 Å². The number of hydrogen-bond acceptors (Lipinski definition) is 17. The van der Waals surface area contributed by atoms with Crippen LogP contribution in [0.2, 0.25) is 0 Å². The molecule has 53 heavy (non-hydrogen) atoms. The fourth-order valence-corrected chi connectivity index (χ4v) is 6.88. The summed E-state index contributed by atoms with van der Waals surface area (Å²) in [7, 11) is 1.31. The van der Waals surface area contributed by atoms with Gasteiger partial charge in [0.05, 0.1) is 48.7 Å². The van der Waals surface area contributed by atoms with Crippen molar-refractivity contribution in [3.63, 3.8) is 0 Å². The summed E-state index contributed by atoms with van der Waals surface area (Å²) in [6, 6.07) is 3.64. The molecule has 0 bridgehead atoms. The maximum absolute atomic E-state index is 13.9. The van der Waals surface area contributed by atoms with Crippen LogP contribution in [0.1, 0.15) is 82.7 Å². The summed E-state index contributed by atoms with van der Waals surface area (Å²) in [5, 5.41) is 58.4. The molecule has 6 N–H and O–H groups in total. The van der Waals surface area contributed by atoms with E-state index < -0.39 is 114 Å². The molecular formula is C35H42ClNO16. The first kappa shape index (κ1) is 41.6. The number of aromatic hydroxyl groups is 2. The molecule has 1 fully saturated rings. The van der Waals surface area contributed by atoms with Crippen molar-refractivity contribution < 1.29 is 77.9 Å². The molecule has 3 aliphatic rings. The second-order valence-electron chi connectivity index (χ2n) is 12.8. The fourth-order valence-electron chi connectivity index (χ4n) is 6.88. The van der Waals surface area contributed by atoms with Gasteiger partial charge in [-0.25, -0.2) is 0 Å². The first-order valence-corrected chi connectivity index (χ1v) is 16.5. The van der Waals surface area contributed by atoms with Gasteiger partial charge in [0.25, 0.3) is 6.29 Å². The third kappa shape index (κ3) is 8.32. The zero-order chi connectivity index (χ0) is 38.1. The number of halogens is 1. The van der Waals surface area contributed by atoms with Crippen molar-refractivity contribution in [1.29, 1.82) is 0 Å². The van der Waals surface area contributed by atoms with E-state index in [0.29, 0.717) is 0 Å². The van der Waals surface area contributed by atoms with Gasteiger partial charge < -0.3 is 59.3 Å². The first-order valence-electron chi connectivity index (χ1n) is 16.5. The van der Waals surface area contributed by atoms with Crippen molar-refractivity contribution in [2.45, 2.75) is 82.6 Å². The Bertz CT molecular complexity index is 1750. The first-order chi connectivity index (χ1) is 24.6. The van der Waals surface area contributed by atoms with E-state index in [9.17, 15) is 49.5 Å². The number of benzene rings is 2. The maximum atomic E-state index is 13.9. The molecule has 2 aromatic carbocycles. The van der Waals surface area contributed by atoms with E-state index in [4.69, 9.17) is 28.4 Å². The average molecular weight is 768 g/mol. The number of aliphatic hydroxyl groups is 3. The van der Waals surface area contributed by atoms with Crippen LogP contribution in [0.25, 0.3) is 0 Å². The minimum atomic E-state index is -2.32. The molecule has 1 aliphatic heterocycles. The minimum Gasteiger partial charge on any atom is -0.507 e. The topological polar surface area (TPSA) is 254 Å². The molecule has 0 saturated carbocycles. The second-order valence-corrected chi connectivity index (χ2v) is 12.8. The van der Waals surface area contributed by atoms with Crippen molar-refractivity contribution in [2.75, 3.05) is 33.5 Å². The van der Waals surface area contributed by atoms with Gasteiger partial charge in [-0.05, 0) is 13.0 Å². The van der Waals surface area contributed by atoms with Crippen LogP contribution in [0.4, 0.5) is 0 Å². The van der Waals surface area contributed by atoms with Crippen LogP contribution in [-0.2, 0) is 44.5 Å². The lowest BCUT2D eigenvalue weighted by Gasteiger charge is -2.43. The summed E-state index contributed by atoms with van der Waals surface area (Å²) in [6.45, 7) is 2.75. The molecule has 0 radical (unpaired) electrons. The monoisotopic (exact) mass is 767 g/mol. The third-order valence-electron chi connectivity index (χ3n) is 9.26. The molecule has 6 atom stereocenters. The van der Waals surface area contributed by atoms with Gasteiger partial charge in [0.2, 0.25) is 5.78 Å². The molecule has 290 valence electrons.